The van der Waals surface area contributed by atoms with Crippen LogP contribution < -0.4 is 4.90 Å². The lowest BCUT2D eigenvalue weighted by Gasteiger charge is -2.13. The van der Waals surface area contributed by atoms with Crippen molar-refractivity contribution >= 4 is 23.2 Å². The Kier molecular flexibility index (Phi) is 4.85. The second-order valence-electron chi connectivity index (χ2n) is 4.93. The molecular weight excluding hydrogens is 266 g/mol. The van der Waals surface area contributed by atoms with Gasteiger partial charge < -0.3 is 4.90 Å². The molecule has 2 rings (SSSR count). The minimum atomic E-state index is 0.111. The molecule has 20 heavy (non-hydrogen) atoms. The average Bonchev–Trinajstić information content (AvgIpc) is 2.46. The summed E-state index contributed by atoms with van der Waals surface area (Å²) in [4.78, 5) is 14.5. The van der Waals surface area contributed by atoms with Gasteiger partial charge in [-0.1, -0.05) is 24.3 Å². The molecule has 0 aliphatic carbocycles. The van der Waals surface area contributed by atoms with Gasteiger partial charge in [0.05, 0.1) is 0 Å². The molecule has 0 amide bonds. The van der Waals surface area contributed by atoms with Crippen LogP contribution >= 0.6 is 11.8 Å². The minimum absolute atomic E-state index is 0.111. The Balaban J connectivity index is 2.01. The molecule has 3 heteroatoms. The van der Waals surface area contributed by atoms with Crippen molar-refractivity contribution < 1.29 is 4.79 Å². The number of ketones is 1. The zero-order valence-corrected chi connectivity index (χ0v) is 12.9. The molecule has 0 aromatic heterocycles. The summed E-state index contributed by atoms with van der Waals surface area (Å²) < 4.78 is 0. The molecule has 0 unspecified atom stereocenters. The largest absolute Gasteiger partial charge is 0.378 e. The monoisotopic (exact) mass is 285 g/mol. The Morgan fingerprint density at radius 2 is 1.80 bits per heavy atom. The van der Waals surface area contributed by atoms with Crippen LogP contribution in [0.4, 0.5) is 5.69 Å². The van der Waals surface area contributed by atoms with Gasteiger partial charge >= 0.3 is 0 Å². The lowest BCUT2D eigenvalue weighted by Crippen LogP contribution is -2.08. The van der Waals surface area contributed by atoms with Gasteiger partial charge in [0.15, 0.2) is 5.78 Å². The molecule has 0 spiro atoms. The first kappa shape index (κ1) is 14.7. The molecule has 0 saturated carbocycles. The van der Waals surface area contributed by atoms with Crippen LogP contribution in [0.25, 0.3) is 0 Å². The third kappa shape index (κ3) is 3.87. The van der Waals surface area contributed by atoms with Crippen molar-refractivity contribution in [2.75, 3.05) is 19.0 Å². The van der Waals surface area contributed by atoms with Crippen LogP contribution in [0.2, 0.25) is 0 Å². The fourth-order valence-electron chi connectivity index (χ4n) is 1.88. The van der Waals surface area contributed by atoms with E-state index in [0.717, 1.165) is 11.3 Å². The summed E-state index contributed by atoms with van der Waals surface area (Å²) in [5.74, 6) is 1.04. The van der Waals surface area contributed by atoms with E-state index in [0.29, 0.717) is 0 Å². The Bertz CT molecular complexity index is 590. The van der Waals surface area contributed by atoms with Crippen molar-refractivity contribution in [1.82, 2.24) is 0 Å². The summed E-state index contributed by atoms with van der Waals surface area (Å²) in [5, 5.41) is 0. The first-order valence-corrected chi connectivity index (χ1v) is 7.55. The van der Waals surface area contributed by atoms with Crippen LogP contribution in [0.15, 0.2) is 53.4 Å². The van der Waals surface area contributed by atoms with Crippen molar-refractivity contribution in [1.29, 1.82) is 0 Å². The van der Waals surface area contributed by atoms with Crippen molar-refractivity contribution in [3.8, 4) is 0 Å². The number of Topliss-reactive ketones (excluding diaryl/α,β-unsaturated/α-hetero) is 1. The molecule has 2 nitrogen and oxygen atoms in total. The average molecular weight is 285 g/mol. The standard InChI is InChI=1S/C17H19NOS/c1-13(19)15-7-9-17(10-8-15)20-12-14-5-4-6-16(11-14)18(2)3/h4-11H,12H2,1-3H3. The number of nitrogens with zero attached hydrogens (tertiary/aromatic N) is 1. The van der Waals surface area contributed by atoms with E-state index >= 15 is 0 Å². The van der Waals surface area contributed by atoms with Gasteiger partial charge in [0.2, 0.25) is 0 Å². The van der Waals surface area contributed by atoms with E-state index in [9.17, 15) is 4.79 Å². The predicted molar refractivity (Wildman–Crippen MR) is 86.8 cm³/mol. The zero-order chi connectivity index (χ0) is 14.5. The predicted octanol–water partition coefficient (Wildman–Crippen LogP) is 4.25. The second-order valence-corrected chi connectivity index (χ2v) is 5.98. The first-order valence-electron chi connectivity index (χ1n) is 6.56. The SMILES string of the molecule is CC(=O)c1ccc(SCc2cccc(N(C)C)c2)cc1. The number of rotatable bonds is 5. The van der Waals surface area contributed by atoms with Gasteiger partial charge in [-0.2, -0.15) is 0 Å². The number of carbonyl (C=O) groups is 1. The lowest BCUT2D eigenvalue weighted by atomic mass is 10.2. The molecule has 104 valence electrons. The zero-order valence-electron chi connectivity index (χ0n) is 12.1. The molecule has 0 heterocycles. The summed E-state index contributed by atoms with van der Waals surface area (Å²) in [7, 11) is 4.10. The van der Waals surface area contributed by atoms with E-state index in [1.54, 1.807) is 18.7 Å². The number of hydrogen-bond donors (Lipinski definition) is 0. The summed E-state index contributed by atoms with van der Waals surface area (Å²) in [6.07, 6.45) is 0. The number of benzene rings is 2. The summed E-state index contributed by atoms with van der Waals surface area (Å²) in [6.45, 7) is 1.59. The highest BCUT2D eigenvalue weighted by Crippen LogP contribution is 2.25. The molecule has 0 aliphatic heterocycles. The molecule has 0 fully saturated rings. The van der Waals surface area contributed by atoms with E-state index in [-0.39, 0.29) is 5.78 Å². The van der Waals surface area contributed by atoms with Crippen LogP contribution in [0.3, 0.4) is 0 Å². The topological polar surface area (TPSA) is 20.3 Å². The van der Waals surface area contributed by atoms with Gasteiger partial charge in [-0.15, -0.1) is 11.8 Å². The van der Waals surface area contributed by atoms with Gasteiger partial charge in [0.1, 0.15) is 0 Å². The molecular formula is C17H19NOS. The molecule has 0 aliphatic rings. The van der Waals surface area contributed by atoms with Crippen LogP contribution in [-0.4, -0.2) is 19.9 Å². The van der Waals surface area contributed by atoms with E-state index in [1.807, 2.05) is 38.4 Å². The van der Waals surface area contributed by atoms with E-state index < -0.39 is 0 Å². The highest BCUT2D eigenvalue weighted by molar-refractivity contribution is 7.98. The highest BCUT2D eigenvalue weighted by atomic mass is 32.2. The summed E-state index contributed by atoms with van der Waals surface area (Å²) >= 11 is 1.78. The molecule has 0 radical (unpaired) electrons. The van der Waals surface area contributed by atoms with E-state index in [4.69, 9.17) is 0 Å². The molecule has 0 saturated heterocycles. The third-order valence-corrected chi connectivity index (χ3v) is 4.18. The molecule has 0 bridgehead atoms. The fraction of sp³-hybridized carbons (Fsp3) is 0.235. The number of hydrogen-bond acceptors (Lipinski definition) is 3. The van der Waals surface area contributed by atoms with Crippen molar-refractivity contribution in [2.45, 2.75) is 17.6 Å². The van der Waals surface area contributed by atoms with Crippen molar-refractivity contribution in [3.63, 3.8) is 0 Å². The van der Waals surface area contributed by atoms with Gasteiger partial charge in [-0.3, -0.25) is 4.79 Å². The van der Waals surface area contributed by atoms with Crippen LogP contribution in [0.5, 0.6) is 0 Å². The minimum Gasteiger partial charge on any atom is -0.378 e. The van der Waals surface area contributed by atoms with Gasteiger partial charge in [-0.05, 0) is 36.8 Å². The van der Waals surface area contributed by atoms with Gasteiger partial charge in [0, 0.05) is 36.0 Å². The third-order valence-electron chi connectivity index (χ3n) is 3.09. The lowest BCUT2D eigenvalue weighted by molar-refractivity contribution is 0.101. The Morgan fingerprint density at radius 1 is 1.10 bits per heavy atom. The summed E-state index contributed by atoms with van der Waals surface area (Å²) in [6, 6.07) is 16.3. The van der Waals surface area contributed by atoms with Gasteiger partial charge in [-0.25, -0.2) is 0 Å². The Hall–Kier alpha value is -1.74. The Morgan fingerprint density at radius 3 is 2.40 bits per heavy atom. The fourth-order valence-corrected chi connectivity index (χ4v) is 2.72. The molecule has 0 atom stereocenters. The van der Waals surface area contributed by atoms with Crippen LogP contribution in [0, 0.1) is 0 Å². The van der Waals surface area contributed by atoms with Gasteiger partial charge in [0.25, 0.3) is 0 Å². The number of carbonyl (C=O) groups excluding carboxylic acids is 1. The first-order chi connectivity index (χ1) is 9.56. The normalized spacial score (nSPS) is 10.3. The number of thioether (sulfide) groups is 1. The van der Waals surface area contributed by atoms with Crippen molar-refractivity contribution in [2.24, 2.45) is 0 Å². The van der Waals surface area contributed by atoms with E-state index in [2.05, 4.69) is 29.2 Å². The molecule has 0 N–H and O–H groups in total. The van der Waals surface area contributed by atoms with Crippen molar-refractivity contribution in [3.05, 3.63) is 59.7 Å². The molecule has 2 aromatic carbocycles. The van der Waals surface area contributed by atoms with Crippen LogP contribution in [0.1, 0.15) is 22.8 Å². The second kappa shape index (κ2) is 6.62. The summed E-state index contributed by atoms with van der Waals surface area (Å²) in [5.41, 5.74) is 3.29. The molecule has 2 aromatic rings. The maximum atomic E-state index is 11.2. The maximum Gasteiger partial charge on any atom is 0.159 e. The maximum absolute atomic E-state index is 11.2. The highest BCUT2D eigenvalue weighted by Gasteiger charge is 2.01. The Labute approximate surface area is 124 Å². The quantitative estimate of drug-likeness (QED) is 0.605. The van der Waals surface area contributed by atoms with E-state index in [1.165, 1.54) is 16.1 Å². The number of anilines is 1. The smallest absolute Gasteiger partial charge is 0.159 e. The van der Waals surface area contributed by atoms with Crippen LogP contribution in [-0.2, 0) is 5.75 Å².